The molecule has 0 radical (unpaired) electrons. The highest BCUT2D eigenvalue weighted by Crippen LogP contribution is 2.28. The standard InChI is InChI=1S/C11H14O3S3/c12-3-6-16-11(17-7-4-13)8-9(14)10-2-1-5-15-10/h1-2,5,8,12-13H,3-4,6-7H2. The van der Waals surface area contributed by atoms with E-state index in [2.05, 4.69) is 0 Å². The molecule has 0 atom stereocenters. The Bertz CT molecular complexity index is 350. The first-order valence-electron chi connectivity index (χ1n) is 5.04. The molecular formula is C11H14O3S3. The molecule has 0 unspecified atom stereocenters. The van der Waals surface area contributed by atoms with Gasteiger partial charge in [-0.05, 0) is 11.4 Å². The maximum atomic E-state index is 11.8. The third kappa shape index (κ3) is 5.74. The van der Waals surface area contributed by atoms with Crippen molar-refractivity contribution < 1.29 is 15.0 Å². The summed E-state index contributed by atoms with van der Waals surface area (Å²) < 4.78 is 0.839. The fourth-order valence-corrected chi connectivity index (χ4v) is 3.45. The number of hydrogen-bond acceptors (Lipinski definition) is 6. The normalized spacial score (nSPS) is 10.2. The Morgan fingerprint density at radius 1 is 1.29 bits per heavy atom. The van der Waals surface area contributed by atoms with Crippen LogP contribution in [0.2, 0.25) is 0 Å². The summed E-state index contributed by atoms with van der Waals surface area (Å²) in [6.07, 6.45) is 1.58. The summed E-state index contributed by atoms with van der Waals surface area (Å²) in [5.74, 6) is 1.09. The van der Waals surface area contributed by atoms with Gasteiger partial charge in [0, 0.05) is 21.8 Å². The van der Waals surface area contributed by atoms with Gasteiger partial charge in [-0.1, -0.05) is 6.07 Å². The van der Waals surface area contributed by atoms with Crippen LogP contribution < -0.4 is 0 Å². The molecule has 94 valence electrons. The molecule has 0 bridgehead atoms. The monoisotopic (exact) mass is 290 g/mol. The van der Waals surface area contributed by atoms with E-state index in [-0.39, 0.29) is 19.0 Å². The first-order valence-corrected chi connectivity index (χ1v) is 7.90. The van der Waals surface area contributed by atoms with Gasteiger partial charge in [0.2, 0.25) is 0 Å². The van der Waals surface area contributed by atoms with E-state index in [1.54, 1.807) is 12.1 Å². The summed E-state index contributed by atoms with van der Waals surface area (Å²) >= 11 is 4.28. The minimum atomic E-state index is -0.0223. The number of rotatable bonds is 8. The number of thioether (sulfide) groups is 2. The van der Waals surface area contributed by atoms with Crippen LogP contribution in [0.1, 0.15) is 9.67 Å². The topological polar surface area (TPSA) is 57.5 Å². The zero-order chi connectivity index (χ0) is 12.5. The highest BCUT2D eigenvalue weighted by molar-refractivity contribution is 8.22. The van der Waals surface area contributed by atoms with Crippen LogP contribution >= 0.6 is 34.9 Å². The van der Waals surface area contributed by atoms with E-state index in [0.717, 1.165) is 4.24 Å². The maximum absolute atomic E-state index is 11.8. The fourth-order valence-electron chi connectivity index (χ4n) is 1.01. The molecule has 0 aliphatic heterocycles. The second-order valence-electron chi connectivity index (χ2n) is 2.95. The molecule has 1 aromatic heterocycles. The number of ketones is 1. The molecule has 17 heavy (non-hydrogen) atoms. The molecule has 0 saturated carbocycles. The summed E-state index contributed by atoms with van der Waals surface area (Å²) in [6, 6.07) is 3.63. The van der Waals surface area contributed by atoms with Gasteiger partial charge in [0.25, 0.3) is 0 Å². The number of allylic oxidation sites excluding steroid dienone is 1. The number of carbonyl (C=O) groups excluding carboxylic acids is 1. The highest BCUT2D eigenvalue weighted by atomic mass is 32.2. The Morgan fingerprint density at radius 3 is 2.41 bits per heavy atom. The number of aliphatic hydroxyl groups is 2. The van der Waals surface area contributed by atoms with E-state index < -0.39 is 0 Å². The summed E-state index contributed by atoms with van der Waals surface area (Å²) in [4.78, 5) is 12.5. The molecule has 0 spiro atoms. The minimum Gasteiger partial charge on any atom is -0.396 e. The van der Waals surface area contributed by atoms with Gasteiger partial charge < -0.3 is 10.2 Å². The average molecular weight is 290 g/mol. The molecule has 0 amide bonds. The lowest BCUT2D eigenvalue weighted by Gasteiger charge is -2.04. The van der Waals surface area contributed by atoms with Crippen molar-refractivity contribution in [1.29, 1.82) is 0 Å². The molecule has 0 aliphatic carbocycles. The van der Waals surface area contributed by atoms with Gasteiger partial charge in [-0.2, -0.15) is 0 Å². The van der Waals surface area contributed by atoms with Gasteiger partial charge >= 0.3 is 0 Å². The molecule has 0 aromatic carbocycles. The Morgan fingerprint density at radius 2 is 1.94 bits per heavy atom. The summed E-state index contributed by atoms with van der Waals surface area (Å²) in [5, 5.41) is 19.4. The Kier molecular flexibility index (Phi) is 7.63. The van der Waals surface area contributed by atoms with Crippen LogP contribution in [0.3, 0.4) is 0 Å². The van der Waals surface area contributed by atoms with Crippen molar-refractivity contribution in [2.24, 2.45) is 0 Å². The van der Waals surface area contributed by atoms with E-state index in [1.165, 1.54) is 34.9 Å². The van der Waals surface area contributed by atoms with E-state index in [1.807, 2.05) is 11.4 Å². The number of thiophene rings is 1. The number of carbonyl (C=O) groups is 1. The van der Waals surface area contributed by atoms with E-state index in [4.69, 9.17) is 10.2 Å². The zero-order valence-electron chi connectivity index (χ0n) is 9.17. The average Bonchev–Trinajstić information content (AvgIpc) is 2.86. The molecular weight excluding hydrogens is 276 g/mol. The Labute approximate surface area is 113 Å². The van der Waals surface area contributed by atoms with Gasteiger partial charge in [0.05, 0.1) is 18.1 Å². The lowest BCUT2D eigenvalue weighted by Crippen LogP contribution is -1.94. The molecule has 3 nitrogen and oxygen atoms in total. The largest absolute Gasteiger partial charge is 0.396 e. The van der Waals surface area contributed by atoms with Crippen molar-refractivity contribution in [3.05, 3.63) is 32.7 Å². The number of hydrogen-bond donors (Lipinski definition) is 2. The Hall–Kier alpha value is -0.270. The summed E-state index contributed by atoms with van der Waals surface area (Å²) in [5.41, 5.74) is 0. The molecule has 1 aromatic rings. The SMILES string of the molecule is O=C(C=C(SCCO)SCCO)c1cccs1. The molecule has 2 N–H and O–H groups in total. The van der Waals surface area contributed by atoms with Crippen LogP contribution in [0.15, 0.2) is 27.8 Å². The van der Waals surface area contributed by atoms with Gasteiger partial charge in [-0.15, -0.1) is 34.9 Å². The van der Waals surface area contributed by atoms with E-state index in [9.17, 15) is 4.79 Å². The second-order valence-corrected chi connectivity index (χ2v) is 6.43. The van der Waals surface area contributed by atoms with Crippen LogP contribution in [-0.4, -0.2) is 40.7 Å². The van der Waals surface area contributed by atoms with Crippen LogP contribution in [0.25, 0.3) is 0 Å². The van der Waals surface area contributed by atoms with Crippen LogP contribution in [0.4, 0.5) is 0 Å². The highest BCUT2D eigenvalue weighted by Gasteiger charge is 2.07. The van der Waals surface area contributed by atoms with Crippen molar-refractivity contribution in [1.82, 2.24) is 0 Å². The minimum absolute atomic E-state index is 0.0223. The quantitative estimate of drug-likeness (QED) is 0.568. The van der Waals surface area contributed by atoms with Crippen LogP contribution in [-0.2, 0) is 0 Å². The molecule has 1 rings (SSSR count). The van der Waals surface area contributed by atoms with E-state index in [0.29, 0.717) is 16.4 Å². The van der Waals surface area contributed by atoms with Crippen molar-refractivity contribution in [3.63, 3.8) is 0 Å². The van der Waals surface area contributed by atoms with Gasteiger partial charge in [0.15, 0.2) is 5.78 Å². The number of aliphatic hydroxyl groups excluding tert-OH is 2. The predicted molar refractivity (Wildman–Crippen MR) is 75.8 cm³/mol. The van der Waals surface area contributed by atoms with Crippen molar-refractivity contribution in [2.45, 2.75) is 0 Å². The molecule has 1 heterocycles. The maximum Gasteiger partial charge on any atom is 0.197 e. The first kappa shape index (κ1) is 14.8. The van der Waals surface area contributed by atoms with Crippen LogP contribution in [0.5, 0.6) is 0 Å². The first-order chi connectivity index (χ1) is 8.27. The smallest absolute Gasteiger partial charge is 0.197 e. The zero-order valence-corrected chi connectivity index (χ0v) is 11.6. The molecule has 0 fully saturated rings. The summed E-state index contributed by atoms with van der Waals surface area (Å²) in [6.45, 7) is 0.157. The second kappa shape index (κ2) is 8.77. The van der Waals surface area contributed by atoms with E-state index >= 15 is 0 Å². The third-order valence-corrected chi connectivity index (χ3v) is 4.85. The predicted octanol–water partition coefficient (Wildman–Crippen LogP) is 2.22. The van der Waals surface area contributed by atoms with Gasteiger partial charge in [-0.25, -0.2) is 0 Å². The lowest BCUT2D eigenvalue weighted by molar-refractivity contribution is 0.105. The molecule has 6 heteroatoms. The van der Waals surface area contributed by atoms with Gasteiger partial charge in [0.1, 0.15) is 0 Å². The van der Waals surface area contributed by atoms with Crippen LogP contribution in [0, 0.1) is 0 Å². The van der Waals surface area contributed by atoms with Gasteiger partial charge in [-0.3, -0.25) is 4.79 Å². The molecule has 0 aliphatic rings. The fraction of sp³-hybridized carbons (Fsp3) is 0.364. The van der Waals surface area contributed by atoms with Crippen molar-refractivity contribution in [2.75, 3.05) is 24.7 Å². The van der Waals surface area contributed by atoms with Crippen molar-refractivity contribution in [3.8, 4) is 0 Å². The lowest BCUT2D eigenvalue weighted by atomic mass is 10.3. The third-order valence-electron chi connectivity index (χ3n) is 1.68. The van der Waals surface area contributed by atoms with Crippen molar-refractivity contribution >= 4 is 40.6 Å². The Balaban J connectivity index is 2.63. The molecule has 0 saturated heterocycles. The summed E-state index contributed by atoms with van der Waals surface area (Å²) in [7, 11) is 0.